The number of carbonyl (C=O) groups excluding carboxylic acids is 1. The van der Waals surface area contributed by atoms with E-state index in [-0.39, 0.29) is 18.5 Å². The Bertz CT molecular complexity index is 489. The van der Waals surface area contributed by atoms with Crippen LogP contribution in [0, 0.1) is 5.92 Å². The van der Waals surface area contributed by atoms with Crippen LogP contribution in [0.15, 0.2) is 30.3 Å². The molecule has 0 fully saturated rings. The van der Waals surface area contributed by atoms with Gasteiger partial charge in [0.05, 0.1) is 19.8 Å². The fourth-order valence-corrected chi connectivity index (χ4v) is 3.40. The Morgan fingerprint density at radius 3 is 2.24 bits per heavy atom. The molecule has 1 aromatic carbocycles. The van der Waals surface area contributed by atoms with E-state index in [4.69, 9.17) is 9.47 Å². The molecule has 0 saturated heterocycles. The van der Waals surface area contributed by atoms with E-state index in [9.17, 15) is 9.90 Å². The summed E-state index contributed by atoms with van der Waals surface area (Å²) >= 11 is 0. The van der Waals surface area contributed by atoms with Gasteiger partial charge < -0.3 is 14.6 Å². The fraction of sp³-hybridized carbons (Fsp3) is 0.720. The number of rotatable bonds is 19. The Kier molecular flexibility index (Phi) is 16.5. The SMILES string of the molecule is CCCCCCCCCCCC(=O)OCCC(CCO)COCc1ccccc1. The molecule has 1 aromatic rings. The zero-order valence-corrected chi connectivity index (χ0v) is 18.4. The van der Waals surface area contributed by atoms with Crippen molar-refractivity contribution in [3.8, 4) is 0 Å². The normalized spacial score (nSPS) is 12.1. The van der Waals surface area contributed by atoms with Gasteiger partial charge in [-0.25, -0.2) is 0 Å². The van der Waals surface area contributed by atoms with E-state index in [1.54, 1.807) is 0 Å². The van der Waals surface area contributed by atoms with Crippen LogP contribution < -0.4 is 0 Å². The number of esters is 1. The zero-order valence-electron chi connectivity index (χ0n) is 18.4. The number of benzene rings is 1. The summed E-state index contributed by atoms with van der Waals surface area (Å²) in [5, 5.41) is 9.25. The number of ether oxygens (including phenoxy) is 2. The van der Waals surface area contributed by atoms with Crippen LogP contribution in [0.3, 0.4) is 0 Å². The predicted molar refractivity (Wildman–Crippen MR) is 119 cm³/mol. The lowest BCUT2D eigenvalue weighted by Crippen LogP contribution is -2.16. The van der Waals surface area contributed by atoms with Gasteiger partial charge in [0.15, 0.2) is 0 Å². The van der Waals surface area contributed by atoms with Gasteiger partial charge in [-0.3, -0.25) is 4.79 Å². The quantitative estimate of drug-likeness (QED) is 0.224. The second-order valence-electron chi connectivity index (χ2n) is 7.97. The topological polar surface area (TPSA) is 55.8 Å². The lowest BCUT2D eigenvalue weighted by atomic mass is 10.0. The van der Waals surface area contributed by atoms with E-state index in [2.05, 4.69) is 6.92 Å². The maximum atomic E-state index is 11.9. The minimum atomic E-state index is -0.0964. The number of hydrogen-bond acceptors (Lipinski definition) is 4. The highest BCUT2D eigenvalue weighted by atomic mass is 16.5. The van der Waals surface area contributed by atoms with Crippen LogP contribution in [0.5, 0.6) is 0 Å². The van der Waals surface area contributed by atoms with Crippen molar-refractivity contribution < 1.29 is 19.4 Å². The zero-order chi connectivity index (χ0) is 21.0. The Morgan fingerprint density at radius 2 is 1.59 bits per heavy atom. The van der Waals surface area contributed by atoms with Crippen molar-refractivity contribution in [2.75, 3.05) is 19.8 Å². The number of unbranched alkanes of at least 4 members (excludes halogenated alkanes) is 8. The Morgan fingerprint density at radius 1 is 0.931 bits per heavy atom. The van der Waals surface area contributed by atoms with Gasteiger partial charge >= 0.3 is 5.97 Å². The third-order valence-corrected chi connectivity index (χ3v) is 5.28. The molecule has 1 atom stereocenters. The highest BCUT2D eigenvalue weighted by Gasteiger charge is 2.11. The van der Waals surface area contributed by atoms with Gasteiger partial charge in [0.25, 0.3) is 0 Å². The van der Waals surface area contributed by atoms with Crippen molar-refractivity contribution in [2.24, 2.45) is 5.92 Å². The standard InChI is InChI=1S/C25H42O4/c1-2-3-4-5-6-7-8-9-13-16-25(27)29-20-18-24(17-19-26)22-28-21-23-14-11-10-12-15-23/h10-12,14-15,24,26H,2-9,13,16-22H2,1H3. The molecule has 1 unspecified atom stereocenters. The number of carbonyl (C=O) groups is 1. The summed E-state index contributed by atoms with van der Waals surface area (Å²) in [4.78, 5) is 11.9. The molecule has 0 aliphatic rings. The molecule has 29 heavy (non-hydrogen) atoms. The molecule has 1 rings (SSSR count). The second-order valence-corrected chi connectivity index (χ2v) is 7.97. The van der Waals surface area contributed by atoms with Crippen molar-refractivity contribution in [2.45, 2.75) is 90.6 Å². The molecule has 0 spiro atoms. The van der Waals surface area contributed by atoms with Crippen LogP contribution in [0.25, 0.3) is 0 Å². The van der Waals surface area contributed by atoms with Crippen molar-refractivity contribution >= 4 is 5.97 Å². The van der Waals surface area contributed by atoms with Crippen LogP contribution in [-0.4, -0.2) is 30.9 Å². The van der Waals surface area contributed by atoms with E-state index in [0.717, 1.165) is 24.8 Å². The first-order valence-corrected chi connectivity index (χ1v) is 11.6. The molecular formula is C25H42O4. The predicted octanol–water partition coefficient (Wildman–Crippen LogP) is 6.06. The molecule has 1 N–H and O–H groups in total. The minimum absolute atomic E-state index is 0.0964. The fourth-order valence-electron chi connectivity index (χ4n) is 3.40. The van der Waals surface area contributed by atoms with Gasteiger partial charge in [0.1, 0.15) is 0 Å². The third-order valence-electron chi connectivity index (χ3n) is 5.28. The maximum Gasteiger partial charge on any atom is 0.305 e. The molecular weight excluding hydrogens is 364 g/mol. The first-order valence-electron chi connectivity index (χ1n) is 11.6. The summed E-state index contributed by atoms with van der Waals surface area (Å²) in [7, 11) is 0. The Hall–Kier alpha value is -1.39. The average Bonchev–Trinajstić information content (AvgIpc) is 2.73. The number of hydrogen-bond donors (Lipinski definition) is 1. The Labute approximate surface area is 178 Å². The minimum Gasteiger partial charge on any atom is -0.466 e. The Balaban J connectivity index is 2.01. The van der Waals surface area contributed by atoms with Crippen molar-refractivity contribution in [3.05, 3.63) is 35.9 Å². The van der Waals surface area contributed by atoms with Crippen LogP contribution >= 0.6 is 0 Å². The van der Waals surface area contributed by atoms with E-state index >= 15 is 0 Å². The van der Waals surface area contributed by atoms with Crippen LogP contribution in [0.2, 0.25) is 0 Å². The molecule has 0 radical (unpaired) electrons. The highest BCUT2D eigenvalue weighted by Crippen LogP contribution is 2.13. The molecule has 0 amide bonds. The molecule has 0 aromatic heterocycles. The molecule has 0 heterocycles. The lowest BCUT2D eigenvalue weighted by Gasteiger charge is -2.16. The van der Waals surface area contributed by atoms with Crippen LogP contribution in [0.1, 0.15) is 89.5 Å². The molecule has 0 bridgehead atoms. The van der Waals surface area contributed by atoms with Crippen molar-refractivity contribution in [1.82, 2.24) is 0 Å². The van der Waals surface area contributed by atoms with Gasteiger partial charge in [0, 0.05) is 13.0 Å². The van der Waals surface area contributed by atoms with E-state index in [0.29, 0.717) is 32.7 Å². The van der Waals surface area contributed by atoms with E-state index in [1.165, 1.54) is 44.9 Å². The molecule has 0 aliphatic heterocycles. The smallest absolute Gasteiger partial charge is 0.305 e. The van der Waals surface area contributed by atoms with Gasteiger partial charge in [0.2, 0.25) is 0 Å². The largest absolute Gasteiger partial charge is 0.466 e. The molecule has 166 valence electrons. The van der Waals surface area contributed by atoms with Crippen LogP contribution in [0.4, 0.5) is 0 Å². The lowest BCUT2D eigenvalue weighted by molar-refractivity contribution is -0.144. The molecule has 0 aliphatic carbocycles. The summed E-state index contributed by atoms with van der Waals surface area (Å²) < 4.78 is 11.2. The number of aliphatic hydroxyl groups is 1. The first kappa shape index (κ1) is 25.6. The van der Waals surface area contributed by atoms with Gasteiger partial charge in [-0.05, 0) is 30.7 Å². The van der Waals surface area contributed by atoms with E-state index in [1.807, 2.05) is 30.3 Å². The molecule has 4 heteroatoms. The summed E-state index contributed by atoms with van der Waals surface area (Å²) in [6.07, 6.45) is 13.1. The summed E-state index contributed by atoms with van der Waals surface area (Å²) in [5.41, 5.74) is 1.14. The molecule has 4 nitrogen and oxygen atoms in total. The first-order chi connectivity index (χ1) is 14.3. The third kappa shape index (κ3) is 15.2. The average molecular weight is 407 g/mol. The monoisotopic (exact) mass is 406 g/mol. The maximum absolute atomic E-state index is 11.9. The van der Waals surface area contributed by atoms with Gasteiger partial charge in [-0.2, -0.15) is 0 Å². The summed E-state index contributed by atoms with van der Waals surface area (Å²) in [6.45, 7) is 3.93. The van der Waals surface area contributed by atoms with Gasteiger partial charge in [-0.1, -0.05) is 88.6 Å². The number of aliphatic hydroxyl groups excluding tert-OH is 1. The highest BCUT2D eigenvalue weighted by molar-refractivity contribution is 5.69. The second kappa shape index (κ2) is 18.6. The molecule has 0 saturated carbocycles. The van der Waals surface area contributed by atoms with Gasteiger partial charge in [-0.15, -0.1) is 0 Å². The summed E-state index contributed by atoms with van der Waals surface area (Å²) in [6, 6.07) is 10.1. The van der Waals surface area contributed by atoms with E-state index < -0.39 is 0 Å². The van der Waals surface area contributed by atoms with Crippen molar-refractivity contribution in [1.29, 1.82) is 0 Å². The summed E-state index contributed by atoms with van der Waals surface area (Å²) in [5.74, 6) is 0.116. The van der Waals surface area contributed by atoms with Crippen LogP contribution in [-0.2, 0) is 20.9 Å². The van der Waals surface area contributed by atoms with Crippen molar-refractivity contribution in [3.63, 3.8) is 0 Å².